The van der Waals surface area contributed by atoms with Crippen LogP contribution in [0.1, 0.15) is 5.56 Å². The lowest BCUT2D eigenvalue weighted by Gasteiger charge is -2.11. The van der Waals surface area contributed by atoms with Gasteiger partial charge in [-0.3, -0.25) is 19.3 Å². The molecule has 0 saturated carbocycles. The summed E-state index contributed by atoms with van der Waals surface area (Å²) in [6.45, 7) is -0.388. The molecule has 2 N–H and O–H groups in total. The SMILES string of the molecule is COc1cc(/C=C2\SC(=O)N(CC(=O)Nc3nccs3)C2=O)ccc1O. The number of phenolic OH excluding ortho intramolecular Hbond substituents is 1. The number of thioether (sulfide) groups is 1. The predicted molar refractivity (Wildman–Crippen MR) is 98.1 cm³/mol. The molecule has 0 aliphatic carbocycles. The van der Waals surface area contributed by atoms with Crippen molar-refractivity contribution in [3.05, 3.63) is 40.2 Å². The summed E-state index contributed by atoms with van der Waals surface area (Å²) in [6.07, 6.45) is 3.04. The maximum atomic E-state index is 12.4. The standard InChI is InChI=1S/C16H13N3O5S2/c1-24-11-6-9(2-3-10(11)20)7-12-14(22)19(16(23)26-12)8-13(21)18-15-17-4-5-25-15/h2-7,20H,8H2,1H3,(H,17,18,21)/b12-7-. The minimum Gasteiger partial charge on any atom is -0.504 e. The number of phenols is 1. The number of amides is 3. The topological polar surface area (TPSA) is 109 Å². The van der Waals surface area contributed by atoms with Crippen LogP contribution in [0.5, 0.6) is 11.5 Å². The summed E-state index contributed by atoms with van der Waals surface area (Å²) < 4.78 is 5.02. The Hall–Kier alpha value is -2.85. The van der Waals surface area contributed by atoms with Crippen LogP contribution in [-0.2, 0) is 9.59 Å². The molecule has 1 aliphatic heterocycles. The van der Waals surface area contributed by atoms with Crippen LogP contribution in [0.15, 0.2) is 34.7 Å². The quantitative estimate of drug-likeness (QED) is 0.754. The molecule has 1 saturated heterocycles. The zero-order valence-electron chi connectivity index (χ0n) is 13.5. The van der Waals surface area contributed by atoms with Crippen LogP contribution in [0, 0.1) is 0 Å². The molecule has 1 fully saturated rings. The molecular formula is C16H13N3O5S2. The molecule has 8 nitrogen and oxygen atoms in total. The maximum Gasteiger partial charge on any atom is 0.294 e. The van der Waals surface area contributed by atoms with E-state index in [1.165, 1.54) is 36.8 Å². The van der Waals surface area contributed by atoms with E-state index in [1.807, 2.05) is 0 Å². The molecule has 0 spiro atoms. The summed E-state index contributed by atoms with van der Waals surface area (Å²) in [4.78, 5) is 41.4. The lowest BCUT2D eigenvalue weighted by Crippen LogP contribution is -2.36. The van der Waals surface area contributed by atoms with Gasteiger partial charge in [0.2, 0.25) is 5.91 Å². The Balaban J connectivity index is 1.73. The van der Waals surface area contributed by atoms with Crippen molar-refractivity contribution >= 4 is 51.4 Å². The smallest absolute Gasteiger partial charge is 0.294 e. The Morgan fingerprint density at radius 3 is 2.92 bits per heavy atom. The lowest BCUT2D eigenvalue weighted by atomic mass is 10.2. The molecule has 0 radical (unpaired) electrons. The third kappa shape index (κ3) is 3.86. The Bertz CT molecular complexity index is 895. The van der Waals surface area contributed by atoms with Gasteiger partial charge in [0.1, 0.15) is 6.54 Å². The highest BCUT2D eigenvalue weighted by atomic mass is 32.2. The fourth-order valence-electron chi connectivity index (χ4n) is 2.16. The van der Waals surface area contributed by atoms with E-state index in [1.54, 1.807) is 17.5 Å². The molecule has 3 rings (SSSR count). The molecule has 1 aliphatic rings. The van der Waals surface area contributed by atoms with Gasteiger partial charge in [-0.05, 0) is 35.5 Å². The zero-order chi connectivity index (χ0) is 18.7. The summed E-state index contributed by atoms with van der Waals surface area (Å²) in [6, 6.07) is 4.55. The molecule has 10 heteroatoms. The number of aromatic hydroxyl groups is 1. The highest BCUT2D eigenvalue weighted by Crippen LogP contribution is 2.34. The number of nitrogens with zero attached hydrogens (tertiary/aromatic N) is 2. The van der Waals surface area contributed by atoms with Gasteiger partial charge in [0, 0.05) is 11.6 Å². The maximum absolute atomic E-state index is 12.4. The number of nitrogens with one attached hydrogen (secondary N) is 1. The second-order valence-electron chi connectivity index (χ2n) is 5.08. The first-order valence-electron chi connectivity index (χ1n) is 7.29. The van der Waals surface area contributed by atoms with Gasteiger partial charge >= 0.3 is 0 Å². The Labute approximate surface area is 156 Å². The van der Waals surface area contributed by atoms with Crippen LogP contribution in [0.25, 0.3) is 6.08 Å². The van der Waals surface area contributed by atoms with Crippen molar-refractivity contribution in [3.8, 4) is 11.5 Å². The average molecular weight is 391 g/mol. The van der Waals surface area contributed by atoms with Crippen LogP contribution in [0.2, 0.25) is 0 Å². The summed E-state index contributed by atoms with van der Waals surface area (Å²) >= 11 is 1.98. The van der Waals surface area contributed by atoms with Gasteiger partial charge in [-0.15, -0.1) is 11.3 Å². The molecule has 2 aromatic rings. The van der Waals surface area contributed by atoms with E-state index in [0.29, 0.717) is 10.7 Å². The van der Waals surface area contributed by atoms with Crippen LogP contribution >= 0.6 is 23.1 Å². The Morgan fingerprint density at radius 2 is 2.23 bits per heavy atom. The monoisotopic (exact) mass is 391 g/mol. The van der Waals surface area contributed by atoms with Crippen LogP contribution in [0.3, 0.4) is 0 Å². The Kier molecular flexibility index (Phi) is 5.24. The molecule has 2 heterocycles. The van der Waals surface area contributed by atoms with Gasteiger partial charge in [0.05, 0.1) is 12.0 Å². The van der Waals surface area contributed by atoms with Crippen LogP contribution < -0.4 is 10.1 Å². The highest BCUT2D eigenvalue weighted by molar-refractivity contribution is 8.18. The summed E-state index contributed by atoms with van der Waals surface area (Å²) in [5.41, 5.74) is 0.581. The summed E-state index contributed by atoms with van der Waals surface area (Å²) in [7, 11) is 1.41. The number of methoxy groups -OCH3 is 1. The van der Waals surface area contributed by atoms with Gasteiger partial charge in [0.25, 0.3) is 11.1 Å². The van der Waals surface area contributed by atoms with E-state index in [4.69, 9.17) is 4.74 Å². The number of carbonyl (C=O) groups is 3. The first-order valence-corrected chi connectivity index (χ1v) is 8.99. The number of carbonyl (C=O) groups excluding carboxylic acids is 3. The third-order valence-electron chi connectivity index (χ3n) is 3.36. The molecule has 134 valence electrons. The largest absolute Gasteiger partial charge is 0.504 e. The number of anilines is 1. The highest BCUT2D eigenvalue weighted by Gasteiger charge is 2.36. The molecule has 1 aromatic heterocycles. The van der Waals surface area contributed by atoms with Crippen LogP contribution in [-0.4, -0.2) is 45.7 Å². The molecule has 1 aromatic carbocycles. The van der Waals surface area contributed by atoms with Crippen molar-refractivity contribution in [1.29, 1.82) is 0 Å². The van der Waals surface area contributed by atoms with E-state index >= 15 is 0 Å². The second-order valence-corrected chi connectivity index (χ2v) is 6.97. The van der Waals surface area contributed by atoms with E-state index in [2.05, 4.69) is 10.3 Å². The third-order valence-corrected chi connectivity index (χ3v) is 4.95. The minimum absolute atomic E-state index is 0.0309. The van der Waals surface area contributed by atoms with Gasteiger partial charge in [-0.25, -0.2) is 4.98 Å². The number of hydrogen-bond donors (Lipinski definition) is 2. The van der Waals surface area contributed by atoms with Crippen LogP contribution in [0.4, 0.5) is 9.93 Å². The Morgan fingerprint density at radius 1 is 1.42 bits per heavy atom. The van der Waals surface area contributed by atoms with Gasteiger partial charge in [-0.1, -0.05) is 6.07 Å². The van der Waals surface area contributed by atoms with Crippen molar-refractivity contribution in [3.63, 3.8) is 0 Å². The molecular weight excluding hydrogens is 378 g/mol. The first kappa shape index (κ1) is 18.0. The lowest BCUT2D eigenvalue weighted by molar-refractivity contribution is -0.127. The van der Waals surface area contributed by atoms with E-state index < -0.39 is 17.1 Å². The zero-order valence-corrected chi connectivity index (χ0v) is 15.1. The van der Waals surface area contributed by atoms with E-state index in [0.717, 1.165) is 16.7 Å². The van der Waals surface area contributed by atoms with Crippen molar-refractivity contribution in [2.24, 2.45) is 0 Å². The first-order chi connectivity index (χ1) is 12.5. The van der Waals surface area contributed by atoms with Crippen molar-refractivity contribution in [2.45, 2.75) is 0 Å². The number of hydrogen-bond acceptors (Lipinski definition) is 8. The second kappa shape index (κ2) is 7.58. The van der Waals surface area contributed by atoms with Gasteiger partial charge < -0.3 is 15.2 Å². The molecule has 0 bridgehead atoms. The fourth-order valence-corrected chi connectivity index (χ4v) is 3.54. The van der Waals surface area contributed by atoms with E-state index in [-0.39, 0.29) is 22.9 Å². The normalized spacial score (nSPS) is 15.6. The number of ether oxygens (including phenoxy) is 1. The molecule has 0 atom stereocenters. The number of aromatic nitrogens is 1. The molecule has 26 heavy (non-hydrogen) atoms. The molecule has 0 unspecified atom stereocenters. The fraction of sp³-hybridized carbons (Fsp3) is 0.125. The summed E-state index contributed by atoms with van der Waals surface area (Å²) in [5.74, 6) is -0.839. The number of imide groups is 1. The van der Waals surface area contributed by atoms with Crippen molar-refractivity contribution in [2.75, 3.05) is 19.0 Å². The number of thiazole rings is 1. The predicted octanol–water partition coefficient (Wildman–Crippen LogP) is 2.53. The van der Waals surface area contributed by atoms with Crippen molar-refractivity contribution in [1.82, 2.24) is 9.88 Å². The minimum atomic E-state index is -0.554. The number of benzene rings is 1. The number of rotatable bonds is 5. The van der Waals surface area contributed by atoms with E-state index in [9.17, 15) is 19.5 Å². The van der Waals surface area contributed by atoms with Crippen molar-refractivity contribution < 1.29 is 24.2 Å². The average Bonchev–Trinajstić information content (AvgIpc) is 3.20. The van der Waals surface area contributed by atoms with Gasteiger partial charge in [-0.2, -0.15) is 0 Å². The molecule has 3 amide bonds. The van der Waals surface area contributed by atoms with Gasteiger partial charge in [0.15, 0.2) is 16.6 Å². The summed E-state index contributed by atoms with van der Waals surface area (Å²) in [5, 5.41) is 13.7.